The van der Waals surface area contributed by atoms with E-state index < -0.39 is 16.0 Å². The third-order valence-corrected chi connectivity index (χ3v) is 3.70. The predicted molar refractivity (Wildman–Crippen MR) is 65.8 cm³/mol. The second kappa shape index (κ2) is 5.18. The van der Waals surface area contributed by atoms with Crippen molar-refractivity contribution in [2.24, 2.45) is 0 Å². The number of hydrogen-bond donors (Lipinski definition) is 2. The minimum atomic E-state index is -3.33. The lowest BCUT2D eigenvalue weighted by molar-refractivity contribution is 0.0696. The van der Waals surface area contributed by atoms with Crippen LogP contribution in [0, 0.1) is 6.92 Å². The summed E-state index contributed by atoms with van der Waals surface area (Å²) in [5.74, 6) is -0.974. The first-order valence-corrected chi connectivity index (χ1v) is 6.85. The summed E-state index contributed by atoms with van der Waals surface area (Å²) in [6.45, 7) is 3.40. The van der Waals surface area contributed by atoms with E-state index in [2.05, 4.69) is 4.72 Å². The van der Waals surface area contributed by atoms with Gasteiger partial charge in [-0.2, -0.15) is 0 Å². The molecule has 0 radical (unpaired) electrons. The number of carboxylic acid groups (broad SMARTS) is 1. The highest BCUT2D eigenvalue weighted by atomic mass is 32.2. The van der Waals surface area contributed by atoms with Crippen LogP contribution in [0.15, 0.2) is 18.2 Å². The Morgan fingerprint density at radius 1 is 1.41 bits per heavy atom. The van der Waals surface area contributed by atoms with Crippen LogP contribution in [0.5, 0.6) is 0 Å². The summed E-state index contributed by atoms with van der Waals surface area (Å²) in [7, 11) is -3.33. The number of rotatable bonds is 5. The van der Waals surface area contributed by atoms with E-state index >= 15 is 0 Å². The molecule has 0 saturated carbocycles. The summed E-state index contributed by atoms with van der Waals surface area (Å²) < 4.78 is 25.4. The zero-order valence-corrected chi connectivity index (χ0v) is 10.5. The molecule has 0 atom stereocenters. The highest BCUT2D eigenvalue weighted by molar-refractivity contribution is 7.92. The van der Waals surface area contributed by atoms with Crippen molar-refractivity contribution in [2.45, 2.75) is 20.3 Å². The van der Waals surface area contributed by atoms with Gasteiger partial charge in [-0.05, 0) is 37.1 Å². The summed E-state index contributed by atoms with van der Waals surface area (Å²) in [5, 5.41) is 8.83. The molecule has 0 amide bonds. The van der Waals surface area contributed by atoms with Gasteiger partial charge in [-0.15, -0.1) is 0 Å². The molecular formula is C11H15NO4S. The summed E-state index contributed by atoms with van der Waals surface area (Å²) in [6, 6.07) is 4.35. The Hall–Kier alpha value is -1.56. The molecule has 6 heteroatoms. The van der Waals surface area contributed by atoms with Crippen molar-refractivity contribution in [1.82, 2.24) is 0 Å². The Balaban J connectivity index is 2.96. The van der Waals surface area contributed by atoms with E-state index in [1.54, 1.807) is 13.8 Å². The lowest BCUT2D eigenvalue weighted by atomic mass is 10.1. The zero-order chi connectivity index (χ0) is 13.1. The number of benzene rings is 1. The van der Waals surface area contributed by atoms with Crippen LogP contribution >= 0.6 is 0 Å². The highest BCUT2D eigenvalue weighted by Gasteiger charge is 2.11. The molecule has 0 aliphatic rings. The van der Waals surface area contributed by atoms with E-state index in [0.717, 1.165) is 0 Å². The molecule has 0 spiro atoms. The number of hydrogen-bond acceptors (Lipinski definition) is 3. The topological polar surface area (TPSA) is 83.5 Å². The maximum absolute atomic E-state index is 11.5. The predicted octanol–water partition coefficient (Wildman–Crippen LogP) is 1.84. The molecule has 0 fully saturated rings. The molecule has 1 rings (SSSR count). The Morgan fingerprint density at radius 2 is 2.06 bits per heavy atom. The second-order valence-electron chi connectivity index (χ2n) is 3.76. The average molecular weight is 257 g/mol. The van der Waals surface area contributed by atoms with Crippen molar-refractivity contribution in [3.05, 3.63) is 29.3 Å². The number of anilines is 1. The molecule has 0 saturated heterocycles. The van der Waals surface area contributed by atoms with E-state index in [9.17, 15) is 13.2 Å². The maximum Gasteiger partial charge on any atom is 0.335 e. The first-order chi connectivity index (χ1) is 7.85. The molecular weight excluding hydrogens is 242 g/mol. The highest BCUT2D eigenvalue weighted by Crippen LogP contribution is 2.16. The lowest BCUT2D eigenvalue weighted by Crippen LogP contribution is -2.16. The van der Waals surface area contributed by atoms with Crippen LogP contribution < -0.4 is 4.72 Å². The van der Waals surface area contributed by atoms with Crippen LogP contribution in [0.25, 0.3) is 0 Å². The molecule has 2 N–H and O–H groups in total. The van der Waals surface area contributed by atoms with E-state index in [1.165, 1.54) is 18.2 Å². The van der Waals surface area contributed by atoms with Gasteiger partial charge < -0.3 is 5.11 Å². The van der Waals surface area contributed by atoms with Crippen molar-refractivity contribution in [2.75, 3.05) is 10.5 Å². The molecule has 5 nitrogen and oxygen atoms in total. The fourth-order valence-electron chi connectivity index (χ4n) is 1.47. The van der Waals surface area contributed by atoms with Crippen LogP contribution in [-0.2, 0) is 10.0 Å². The van der Waals surface area contributed by atoms with Gasteiger partial charge in [0.15, 0.2) is 0 Å². The summed E-state index contributed by atoms with van der Waals surface area (Å²) in [6.07, 6.45) is 0.529. The number of aromatic carboxylic acids is 1. The molecule has 1 aromatic carbocycles. The molecule has 0 heterocycles. The number of carbonyl (C=O) groups is 1. The molecule has 0 aliphatic heterocycles. The largest absolute Gasteiger partial charge is 0.478 e. The number of carboxylic acids is 1. The first kappa shape index (κ1) is 13.5. The monoisotopic (exact) mass is 257 g/mol. The van der Waals surface area contributed by atoms with Gasteiger partial charge in [0.05, 0.1) is 11.3 Å². The van der Waals surface area contributed by atoms with Gasteiger partial charge in [-0.25, -0.2) is 13.2 Å². The van der Waals surface area contributed by atoms with Gasteiger partial charge in [-0.3, -0.25) is 4.72 Å². The minimum Gasteiger partial charge on any atom is -0.478 e. The van der Waals surface area contributed by atoms with Crippen LogP contribution in [0.2, 0.25) is 0 Å². The minimum absolute atomic E-state index is 0.0483. The van der Waals surface area contributed by atoms with Crippen molar-refractivity contribution in [3.8, 4) is 0 Å². The van der Waals surface area contributed by atoms with E-state index in [1.807, 2.05) is 0 Å². The van der Waals surface area contributed by atoms with Crippen molar-refractivity contribution in [3.63, 3.8) is 0 Å². The van der Waals surface area contributed by atoms with Gasteiger partial charge in [0.25, 0.3) is 0 Å². The van der Waals surface area contributed by atoms with Crippen LogP contribution in [0.3, 0.4) is 0 Å². The van der Waals surface area contributed by atoms with Gasteiger partial charge in [0, 0.05) is 5.69 Å². The Morgan fingerprint density at radius 3 is 2.53 bits per heavy atom. The molecule has 1 aromatic rings. The Labute approximate surface area is 101 Å². The van der Waals surface area contributed by atoms with E-state index in [-0.39, 0.29) is 11.3 Å². The van der Waals surface area contributed by atoms with E-state index in [4.69, 9.17) is 5.11 Å². The SMILES string of the molecule is CCCS(=O)(=O)Nc1ccc(C(=O)O)c(C)c1. The van der Waals surface area contributed by atoms with Crippen molar-refractivity contribution in [1.29, 1.82) is 0 Å². The fraction of sp³-hybridized carbons (Fsp3) is 0.364. The molecule has 0 aliphatic carbocycles. The zero-order valence-electron chi connectivity index (χ0n) is 9.73. The third kappa shape index (κ3) is 3.74. The third-order valence-electron chi connectivity index (χ3n) is 2.20. The quantitative estimate of drug-likeness (QED) is 0.843. The molecule has 0 aromatic heterocycles. The summed E-state index contributed by atoms with van der Waals surface area (Å²) in [4.78, 5) is 10.8. The lowest BCUT2D eigenvalue weighted by Gasteiger charge is -2.08. The van der Waals surface area contributed by atoms with Gasteiger partial charge >= 0.3 is 5.97 Å². The number of aryl methyl sites for hydroxylation is 1. The molecule has 0 unspecified atom stereocenters. The van der Waals surface area contributed by atoms with E-state index in [0.29, 0.717) is 17.7 Å². The Bertz CT molecular complexity index is 522. The summed E-state index contributed by atoms with van der Waals surface area (Å²) >= 11 is 0. The summed E-state index contributed by atoms with van der Waals surface area (Å²) in [5.41, 5.74) is 1.08. The Kier molecular flexibility index (Phi) is 4.11. The first-order valence-electron chi connectivity index (χ1n) is 5.20. The normalized spacial score (nSPS) is 11.2. The van der Waals surface area contributed by atoms with Gasteiger partial charge in [0.2, 0.25) is 10.0 Å². The molecule has 0 bridgehead atoms. The second-order valence-corrected chi connectivity index (χ2v) is 5.60. The van der Waals surface area contributed by atoms with Gasteiger partial charge in [-0.1, -0.05) is 6.92 Å². The maximum atomic E-state index is 11.5. The van der Waals surface area contributed by atoms with Gasteiger partial charge in [0.1, 0.15) is 0 Å². The average Bonchev–Trinajstić information content (AvgIpc) is 2.15. The van der Waals surface area contributed by atoms with Crippen molar-refractivity contribution >= 4 is 21.7 Å². The molecule has 17 heavy (non-hydrogen) atoms. The van der Waals surface area contributed by atoms with Crippen LogP contribution in [0.1, 0.15) is 29.3 Å². The van der Waals surface area contributed by atoms with Crippen LogP contribution in [0.4, 0.5) is 5.69 Å². The smallest absolute Gasteiger partial charge is 0.335 e. The molecule has 94 valence electrons. The standard InChI is InChI=1S/C11H15NO4S/c1-3-6-17(15,16)12-9-4-5-10(11(13)14)8(2)7-9/h4-5,7,12H,3,6H2,1-2H3,(H,13,14). The van der Waals surface area contributed by atoms with Crippen LogP contribution in [-0.4, -0.2) is 25.2 Å². The number of sulfonamides is 1. The fourth-order valence-corrected chi connectivity index (χ4v) is 2.59. The van der Waals surface area contributed by atoms with Crippen molar-refractivity contribution < 1.29 is 18.3 Å². The number of nitrogens with one attached hydrogen (secondary N) is 1.